The first-order chi connectivity index (χ1) is 9.85. The van der Waals surface area contributed by atoms with Gasteiger partial charge in [0, 0.05) is 5.02 Å². The van der Waals surface area contributed by atoms with Crippen molar-refractivity contribution in [2.24, 2.45) is 0 Å². The number of nitriles is 1. The Labute approximate surface area is 132 Å². The maximum absolute atomic E-state index is 12.4. The number of sulfonamides is 1. The van der Waals surface area contributed by atoms with Gasteiger partial charge in [0.25, 0.3) is 10.0 Å². The quantitative estimate of drug-likeness (QED) is 0.837. The molecule has 0 bridgehead atoms. The molecule has 0 atom stereocenters. The van der Waals surface area contributed by atoms with Gasteiger partial charge in [0.05, 0.1) is 22.0 Å². The molecule has 0 spiro atoms. The molecule has 21 heavy (non-hydrogen) atoms. The molecule has 0 aliphatic heterocycles. The summed E-state index contributed by atoms with van der Waals surface area (Å²) in [5.74, 6) is 0. The van der Waals surface area contributed by atoms with Crippen LogP contribution in [0.4, 0.5) is 11.4 Å². The minimum absolute atomic E-state index is 0.0746. The van der Waals surface area contributed by atoms with E-state index >= 15 is 0 Å². The molecule has 0 aromatic heterocycles. The summed E-state index contributed by atoms with van der Waals surface area (Å²) >= 11 is 11.7. The van der Waals surface area contributed by atoms with E-state index in [1.165, 1.54) is 24.3 Å². The molecule has 0 unspecified atom stereocenters. The van der Waals surface area contributed by atoms with E-state index in [4.69, 9.17) is 34.2 Å². The fraction of sp³-hybridized carbons (Fsp3) is 0. The smallest absolute Gasteiger partial charge is 0.265 e. The van der Waals surface area contributed by atoms with Crippen LogP contribution in [0.5, 0.6) is 0 Å². The van der Waals surface area contributed by atoms with Crippen molar-refractivity contribution < 1.29 is 8.42 Å². The first kappa shape index (κ1) is 15.4. The fourth-order valence-corrected chi connectivity index (χ4v) is 3.80. The van der Waals surface area contributed by atoms with Crippen molar-refractivity contribution in [2.45, 2.75) is 4.90 Å². The van der Waals surface area contributed by atoms with Gasteiger partial charge in [0.1, 0.15) is 11.0 Å². The van der Waals surface area contributed by atoms with E-state index in [0.717, 1.165) is 0 Å². The zero-order valence-electron chi connectivity index (χ0n) is 10.5. The van der Waals surface area contributed by atoms with Crippen LogP contribution in [-0.4, -0.2) is 8.42 Å². The monoisotopic (exact) mass is 341 g/mol. The van der Waals surface area contributed by atoms with Crippen LogP contribution in [0.15, 0.2) is 41.3 Å². The molecule has 5 nitrogen and oxygen atoms in total. The van der Waals surface area contributed by atoms with Gasteiger partial charge in [-0.15, -0.1) is 0 Å². The molecule has 2 aromatic rings. The number of nitrogens with one attached hydrogen (secondary N) is 1. The third-order valence-corrected chi connectivity index (χ3v) is 4.71. The van der Waals surface area contributed by atoms with E-state index in [9.17, 15) is 8.42 Å². The van der Waals surface area contributed by atoms with E-state index in [-0.39, 0.29) is 31.9 Å². The Morgan fingerprint density at radius 2 is 1.86 bits per heavy atom. The Kier molecular flexibility index (Phi) is 4.28. The highest BCUT2D eigenvalue weighted by molar-refractivity contribution is 7.93. The number of para-hydroxylation sites is 1. The Hall–Kier alpha value is -1.94. The van der Waals surface area contributed by atoms with Gasteiger partial charge in [0.2, 0.25) is 0 Å². The van der Waals surface area contributed by atoms with Crippen LogP contribution in [0, 0.1) is 11.3 Å². The number of hydrogen-bond donors (Lipinski definition) is 2. The van der Waals surface area contributed by atoms with Crippen molar-refractivity contribution in [1.29, 1.82) is 5.26 Å². The molecular weight excluding hydrogens is 333 g/mol. The van der Waals surface area contributed by atoms with Crippen molar-refractivity contribution in [3.05, 3.63) is 52.0 Å². The van der Waals surface area contributed by atoms with Crippen LogP contribution < -0.4 is 10.5 Å². The van der Waals surface area contributed by atoms with Crippen molar-refractivity contribution in [1.82, 2.24) is 0 Å². The molecule has 0 amide bonds. The van der Waals surface area contributed by atoms with E-state index < -0.39 is 10.0 Å². The molecule has 0 radical (unpaired) electrons. The van der Waals surface area contributed by atoms with Gasteiger partial charge >= 0.3 is 0 Å². The topological polar surface area (TPSA) is 96.0 Å². The molecule has 0 saturated heterocycles. The second-order valence-electron chi connectivity index (χ2n) is 4.07. The predicted molar refractivity (Wildman–Crippen MR) is 82.8 cm³/mol. The zero-order chi connectivity index (χ0) is 15.6. The van der Waals surface area contributed by atoms with E-state index in [1.807, 2.05) is 6.07 Å². The zero-order valence-corrected chi connectivity index (χ0v) is 12.8. The lowest BCUT2D eigenvalue weighted by Gasteiger charge is -2.12. The number of nitrogens with two attached hydrogens (primary N) is 1. The molecular formula is C13H9Cl2N3O2S. The van der Waals surface area contributed by atoms with E-state index in [0.29, 0.717) is 0 Å². The maximum Gasteiger partial charge on any atom is 0.265 e. The number of nitrogens with zero attached hydrogens (tertiary/aromatic N) is 1. The third-order valence-electron chi connectivity index (χ3n) is 2.60. The average molecular weight is 342 g/mol. The lowest BCUT2D eigenvalue weighted by molar-refractivity contribution is 0.601. The number of anilines is 2. The Bertz CT molecular complexity index is 822. The largest absolute Gasteiger partial charge is 0.398 e. The number of hydrogen-bond acceptors (Lipinski definition) is 4. The van der Waals surface area contributed by atoms with Crippen molar-refractivity contribution >= 4 is 44.6 Å². The first-order valence-corrected chi connectivity index (χ1v) is 7.85. The Morgan fingerprint density at radius 1 is 1.19 bits per heavy atom. The lowest BCUT2D eigenvalue weighted by Crippen LogP contribution is -2.16. The minimum Gasteiger partial charge on any atom is -0.398 e. The number of benzene rings is 2. The molecule has 3 N–H and O–H groups in total. The summed E-state index contributed by atoms with van der Waals surface area (Å²) in [6, 6.07) is 10.7. The summed E-state index contributed by atoms with van der Waals surface area (Å²) in [7, 11) is -4.04. The second kappa shape index (κ2) is 5.82. The first-order valence-electron chi connectivity index (χ1n) is 5.61. The Morgan fingerprint density at radius 3 is 2.48 bits per heavy atom. The molecule has 0 aliphatic carbocycles. The molecule has 2 aromatic carbocycles. The lowest BCUT2D eigenvalue weighted by atomic mass is 10.2. The fourth-order valence-electron chi connectivity index (χ4n) is 1.73. The average Bonchev–Trinajstić information content (AvgIpc) is 2.37. The number of rotatable bonds is 3. The van der Waals surface area contributed by atoms with Gasteiger partial charge in [-0.2, -0.15) is 5.26 Å². The number of nitrogen functional groups attached to an aromatic ring is 1. The highest BCUT2D eigenvalue weighted by atomic mass is 35.5. The highest BCUT2D eigenvalue weighted by Crippen LogP contribution is 2.32. The van der Waals surface area contributed by atoms with Gasteiger partial charge in [-0.05, 0) is 24.3 Å². The summed E-state index contributed by atoms with van der Waals surface area (Å²) in [5.41, 5.74) is 5.93. The predicted octanol–water partition coefficient (Wildman–Crippen LogP) is 3.25. The SMILES string of the molecule is N#Cc1ccccc1NS(=O)(=O)c1c(N)cc(Cl)cc1Cl. The van der Waals surface area contributed by atoms with E-state index in [2.05, 4.69) is 4.72 Å². The summed E-state index contributed by atoms with van der Waals surface area (Å²) in [6.07, 6.45) is 0. The van der Waals surface area contributed by atoms with Crippen LogP contribution >= 0.6 is 23.2 Å². The molecule has 108 valence electrons. The van der Waals surface area contributed by atoms with Gasteiger partial charge in [0.15, 0.2) is 0 Å². The van der Waals surface area contributed by atoms with Crippen LogP contribution in [0.1, 0.15) is 5.56 Å². The third kappa shape index (κ3) is 3.22. The van der Waals surface area contributed by atoms with Crippen LogP contribution in [0.3, 0.4) is 0 Å². The summed E-state index contributed by atoms with van der Waals surface area (Å²) in [5, 5.41) is 9.11. The van der Waals surface area contributed by atoms with Crippen molar-refractivity contribution in [3.8, 4) is 6.07 Å². The standard InChI is InChI=1S/C13H9Cl2N3O2S/c14-9-5-10(15)13(11(17)6-9)21(19,20)18-12-4-2-1-3-8(12)7-16/h1-6,18H,17H2. The van der Waals surface area contributed by atoms with Crippen molar-refractivity contribution in [2.75, 3.05) is 10.5 Å². The minimum atomic E-state index is -4.04. The van der Waals surface area contributed by atoms with Crippen LogP contribution in [0.25, 0.3) is 0 Å². The summed E-state index contributed by atoms with van der Waals surface area (Å²) in [4.78, 5) is -0.277. The molecule has 0 heterocycles. The van der Waals surface area contributed by atoms with Gasteiger partial charge < -0.3 is 5.73 Å². The molecule has 0 fully saturated rings. The maximum atomic E-state index is 12.4. The Balaban J connectivity index is 2.52. The number of halogens is 2. The molecule has 0 aliphatic rings. The highest BCUT2D eigenvalue weighted by Gasteiger charge is 2.23. The summed E-state index contributed by atoms with van der Waals surface area (Å²) < 4.78 is 27.1. The van der Waals surface area contributed by atoms with Gasteiger partial charge in [-0.3, -0.25) is 4.72 Å². The molecule has 0 saturated carbocycles. The van der Waals surface area contributed by atoms with Gasteiger partial charge in [-0.25, -0.2) is 8.42 Å². The van der Waals surface area contributed by atoms with Crippen LogP contribution in [0.2, 0.25) is 10.0 Å². The van der Waals surface area contributed by atoms with Gasteiger partial charge in [-0.1, -0.05) is 35.3 Å². The normalized spacial score (nSPS) is 10.9. The van der Waals surface area contributed by atoms with Crippen LogP contribution in [-0.2, 0) is 10.0 Å². The second-order valence-corrected chi connectivity index (χ2v) is 6.53. The molecule has 8 heteroatoms. The van der Waals surface area contributed by atoms with Crippen molar-refractivity contribution in [3.63, 3.8) is 0 Å². The molecule has 2 rings (SSSR count). The summed E-state index contributed by atoms with van der Waals surface area (Å²) in [6.45, 7) is 0. The van der Waals surface area contributed by atoms with E-state index in [1.54, 1.807) is 12.1 Å².